The molecule has 0 bridgehead atoms. The molecule has 2 aliphatic rings. The van der Waals surface area contributed by atoms with E-state index in [4.69, 9.17) is 21.3 Å². The van der Waals surface area contributed by atoms with Crippen molar-refractivity contribution in [3.63, 3.8) is 0 Å². The number of ether oxygens (including phenoxy) is 1. The SMILES string of the molecule is CCOC(=O)C1=C2CC(NS(C)(=O)=O)CN2C(c2nccs2)=N[C@H]1c1ccc(F)cc1Cl. The summed E-state index contributed by atoms with van der Waals surface area (Å²) in [6.45, 7) is 2.11. The highest BCUT2D eigenvalue weighted by molar-refractivity contribution is 7.88. The first-order valence-corrected chi connectivity index (χ1v) is 12.9. The highest BCUT2D eigenvalue weighted by Crippen LogP contribution is 2.42. The fourth-order valence-corrected chi connectivity index (χ4v) is 5.57. The fraction of sp³-hybridized carbons (Fsp3) is 0.350. The Morgan fingerprint density at radius 1 is 1.44 bits per heavy atom. The number of aromatic nitrogens is 1. The summed E-state index contributed by atoms with van der Waals surface area (Å²) in [6.07, 6.45) is 2.97. The van der Waals surface area contributed by atoms with Gasteiger partial charge < -0.3 is 9.64 Å². The second-order valence-electron chi connectivity index (χ2n) is 7.34. The number of rotatable bonds is 6. The maximum Gasteiger partial charge on any atom is 0.338 e. The summed E-state index contributed by atoms with van der Waals surface area (Å²) in [7, 11) is -3.48. The van der Waals surface area contributed by atoms with Gasteiger partial charge in [0.2, 0.25) is 10.0 Å². The zero-order valence-electron chi connectivity index (χ0n) is 17.2. The number of amidine groups is 1. The lowest BCUT2D eigenvalue weighted by molar-refractivity contribution is -0.139. The van der Waals surface area contributed by atoms with Gasteiger partial charge in [-0.2, -0.15) is 0 Å². The molecule has 32 heavy (non-hydrogen) atoms. The van der Waals surface area contributed by atoms with Crippen molar-refractivity contribution in [3.05, 3.63) is 62.5 Å². The Kier molecular flexibility index (Phi) is 6.35. The number of hydrogen-bond donors (Lipinski definition) is 1. The van der Waals surface area contributed by atoms with E-state index in [-0.39, 0.29) is 30.2 Å². The molecule has 0 spiro atoms. The molecule has 170 valence electrons. The number of carbonyl (C=O) groups is 1. The number of nitrogens with zero attached hydrogens (tertiary/aromatic N) is 3. The summed E-state index contributed by atoms with van der Waals surface area (Å²) in [5.41, 5.74) is 1.27. The van der Waals surface area contributed by atoms with Crippen molar-refractivity contribution >= 4 is 44.8 Å². The molecule has 4 rings (SSSR count). The summed E-state index contributed by atoms with van der Waals surface area (Å²) in [5, 5.41) is 2.52. The van der Waals surface area contributed by atoms with Crippen molar-refractivity contribution in [1.82, 2.24) is 14.6 Å². The van der Waals surface area contributed by atoms with Crippen LogP contribution in [0.5, 0.6) is 0 Å². The van der Waals surface area contributed by atoms with Crippen LogP contribution in [0.1, 0.15) is 30.0 Å². The van der Waals surface area contributed by atoms with Gasteiger partial charge in [0.1, 0.15) is 11.9 Å². The van der Waals surface area contributed by atoms with Gasteiger partial charge in [0, 0.05) is 46.9 Å². The number of aliphatic imine (C=N–C) groups is 1. The molecule has 1 N–H and O–H groups in total. The molecule has 0 aliphatic carbocycles. The zero-order chi connectivity index (χ0) is 23.0. The standard InChI is InChI=1S/C20H20ClFN4O4S2/c1-3-30-20(27)16-15-9-12(25-32(2,28)29)10-26(15)18(19-23-6-7-31-19)24-17(16)13-5-4-11(22)8-14(13)21/h4-8,12,17,25H,3,9-10H2,1-2H3/t12?,17-/m0/s1. The van der Waals surface area contributed by atoms with Crippen molar-refractivity contribution in [2.75, 3.05) is 19.4 Å². The first-order valence-electron chi connectivity index (χ1n) is 9.75. The molecule has 0 radical (unpaired) electrons. The molecule has 1 saturated heterocycles. The van der Waals surface area contributed by atoms with Gasteiger partial charge in [-0.1, -0.05) is 17.7 Å². The molecule has 0 amide bonds. The van der Waals surface area contributed by atoms with Crippen LogP contribution >= 0.6 is 22.9 Å². The van der Waals surface area contributed by atoms with Crippen LogP contribution in [0.3, 0.4) is 0 Å². The lowest BCUT2D eigenvalue weighted by Crippen LogP contribution is -2.39. The lowest BCUT2D eigenvalue weighted by atomic mass is 9.94. The Labute approximate surface area is 193 Å². The predicted molar refractivity (Wildman–Crippen MR) is 120 cm³/mol. The Morgan fingerprint density at radius 3 is 2.84 bits per heavy atom. The third-order valence-electron chi connectivity index (χ3n) is 5.02. The van der Waals surface area contributed by atoms with E-state index in [9.17, 15) is 17.6 Å². The third-order valence-corrected chi connectivity index (χ3v) is 6.87. The van der Waals surface area contributed by atoms with Crippen LogP contribution in [-0.2, 0) is 19.6 Å². The van der Waals surface area contributed by atoms with E-state index < -0.39 is 33.9 Å². The number of benzene rings is 1. The zero-order valence-corrected chi connectivity index (χ0v) is 19.6. The van der Waals surface area contributed by atoms with Crippen LogP contribution in [0, 0.1) is 5.82 Å². The van der Waals surface area contributed by atoms with E-state index in [1.54, 1.807) is 23.4 Å². The number of nitrogens with one attached hydrogen (secondary N) is 1. The largest absolute Gasteiger partial charge is 0.463 e. The molecule has 3 heterocycles. The van der Waals surface area contributed by atoms with Crippen LogP contribution in [0.25, 0.3) is 0 Å². The summed E-state index contributed by atoms with van der Waals surface area (Å²) in [4.78, 5) is 24.0. The van der Waals surface area contributed by atoms with Crippen LogP contribution < -0.4 is 4.72 Å². The van der Waals surface area contributed by atoms with Crippen molar-refractivity contribution in [2.45, 2.75) is 25.4 Å². The molecule has 1 aromatic heterocycles. The van der Waals surface area contributed by atoms with E-state index in [2.05, 4.69) is 9.71 Å². The lowest BCUT2D eigenvalue weighted by Gasteiger charge is -2.31. The number of thiazole rings is 1. The molecule has 8 nitrogen and oxygen atoms in total. The maximum absolute atomic E-state index is 13.7. The van der Waals surface area contributed by atoms with Crippen LogP contribution in [0.15, 0.2) is 46.0 Å². The van der Waals surface area contributed by atoms with Gasteiger partial charge in [0.15, 0.2) is 10.8 Å². The van der Waals surface area contributed by atoms with E-state index in [1.807, 2.05) is 0 Å². The highest BCUT2D eigenvalue weighted by atomic mass is 35.5. The second-order valence-corrected chi connectivity index (χ2v) is 10.4. The minimum Gasteiger partial charge on any atom is -0.463 e. The quantitative estimate of drug-likeness (QED) is 0.614. The van der Waals surface area contributed by atoms with Crippen molar-refractivity contribution in [2.24, 2.45) is 4.99 Å². The Balaban J connectivity index is 1.89. The average molecular weight is 499 g/mol. The first kappa shape index (κ1) is 22.8. The Hall–Kier alpha value is -2.34. The number of carbonyl (C=O) groups excluding carboxylic acids is 1. The normalized spacial score (nSPS) is 20.9. The molecule has 1 unspecified atom stereocenters. The summed E-state index contributed by atoms with van der Waals surface area (Å²) in [6, 6.07) is 2.57. The van der Waals surface area contributed by atoms with Crippen molar-refractivity contribution < 1.29 is 22.3 Å². The van der Waals surface area contributed by atoms with Gasteiger partial charge in [0.25, 0.3) is 0 Å². The first-order chi connectivity index (χ1) is 15.2. The minimum atomic E-state index is -3.48. The van der Waals surface area contributed by atoms with Crippen molar-refractivity contribution in [1.29, 1.82) is 0 Å². The predicted octanol–water partition coefficient (Wildman–Crippen LogP) is 2.88. The van der Waals surface area contributed by atoms with Gasteiger partial charge in [-0.3, -0.25) is 4.99 Å². The van der Waals surface area contributed by atoms with E-state index in [0.29, 0.717) is 22.1 Å². The molecular formula is C20H20ClFN4O4S2. The molecular weight excluding hydrogens is 479 g/mol. The molecule has 2 aliphatic heterocycles. The molecule has 0 saturated carbocycles. The molecule has 1 fully saturated rings. The number of fused-ring (bicyclic) bond motifs is 1. The monoisotopic (exact) mass is 498 g/mol. The molecule has 12 heteroatoms. The molecule has 2 aromatic rings. The Bertz CT molecular complexity index is 1210. The van der Waals surface area contributed by atoms with Gasteiger partial charge in [-0.05, 0) is 19.1 Å². The van der Waals surface area contributed by atoms with Crippen LogP contribution in [0.4, 0.5) is 4.39 Å². The number of hydrogen-bond acceptors (Lipinski definition) is 8. The smallest absolute Gasteiger partial charge is 0.338 e. The van der Waals surface area contributed by atoms with E-state index >= 15 is 0 Å². The van der Waals surface area contributed by atoms with Gasteiger partial charge in [0.05, 0.1) is 18.4 Å². The molecule has 2 atom stereocenters. The third kappa shape index (κ3) is 4.56. The highest BCUT2D eigenvalue weighted by Gasteiger charge is 2.43. The van der Waals surface area contributed by atoms with Crippen LogP contribution in [0.2, 0.25) is 5.02 Å². The van der Waals surface area contributed by atoms with Crippen LogP contribution in [-0.4, -0.2) is 55.6 Å². The van der Waals surface area contributed by atoms with E-state index in [0.717, 1.165) is 12.3 Å². The minimum absolute atomic E-state index is 0.122. The van der Waals surface area contributed by atoms with Gasteiger partial charge in [-0.25, -0.2) is 27.3 Å². The summed E-state index contributed by atoms with van der Waals surface area (Å²) < 4.78 is 45.3. The van der Waals surface area contributed by atoms with Crippen molar-refractivity contribution in [3.8, 4) is 0 Å². The number of sulfonamides is 1. The summed E-state index contributed by atoms with van der Waals surface area (Å²) >= 11 is 7.70. The number of esters is 1. The molecule has 1 aromatic carbocycles. The topological polar surface area (TPSA) is 101 Å². The van der Waals surface area contributed by atoms with E-state index in [1.165, 1.54) is 23.5 Å². The van der Waals surface area contributed by atoms with Gasteiger partial charge >= 0.3 is 5.97 Å². The fourth-order valence-electron chi connectivity index (χ4n) is 3.90. The summed E-state index contributed by atoms with van der Waals surface area (Å²) in [5.74, 6) is -0.602. The second kappa shape index (κ2) is 8.89. The van der Waals surface area contributed by atoms with Gasteiger partial charge in [-0.15, -0.1) is 11.3 Å². The number of halogens is 2. The average Bonchev–Trinajstić information content (AvgIpc) is 3.35. The maximum atomic E-state index is 13.7. The Morgan fingerprint density at radius 2 is 2.22 bits per heavy atom.